The molecule has 4 heterocycles. The molecule has 200 valence electrons. The molecule has 5 rings (SSSR count). The number of anilines is 1. The summed E-state index contributed by atoms with van der Waals surface area (Å²) in [5, 5.41) is 6.92. The van der Waals surface area contributed by atoms with E-state index in [0.717, 1.165) is 58.6 Å². The number of allylic oxidation sites excluding steroid dienone is 1. The summed E-state index contributed by atoms with van der Waals surface area (Å²) >= 11 is 0. The molecule has 0 amide bonds. The molecule has 0 aliphatic heterocycles. The van der Waals surface area contributed by atoms with Crippen molar-refractivity contribution in [3.63, 3.8) is 0 Å². The van der Waals surface area contributed by atoms with Gasteiger partial charge in [0, 0.05) is 36.2 Å². The van der Waals surface area contributed by atoms with Crippen LogP contribution in [-0.2, 0) is 12.7 Å². The van der Waals surface area contributed by atoms with Gasteiger partial charge in [0.2, 0.25) is 5.95 Å². The Morgan fingerprint density at radius 2 is 1.97 bits per heavy atom. The predicted octanol–water partition coefficient (Wildman–Crippen LogP) is 6.00. The highest BCUT2D eigenvalue weighted by atomic mass is 19.4. The van der Waals surface area contributed by atoms with Crippen LogP contribution in [-0.4, -0.2) is 46.8 Å². The van der Waals surface area contributed by atoms with Crippen molar-refractivity contribution in [2.75, 3.05) is 5.32 Å². The Hall–Kier alpha value is -3.90. The average molecular weight is 533 g/mol. The number of nitrogens with zero attached hydrogens (tertiary/aromatic N) is 7. The minimum atomic E-state index is -4.73. The lowest BCUT2D eigenvalue weighted by atomic mass is 9.91. The van der Waals surface area contributed by atoms with Crippen LogP contribution in [0.3, 0.4) is 0 Å². The summed E-state index contributed by atoms with van der Waals surface area (Å²) in [6.07, 6.45) is 2.26. The number of pyridine rings is 1. The predicted molar refractivity (Wildman–Crippen MR) is 131 cm³/mol. The lowest BCUT2D eigenvalue weighted by Crippen LogP contribution is -2.29. The van der Waals surface area contributed by atoms with Gasteiger partial charge >= 0.3 is 6.18 Å². The Balaban J connectivity index is 1.38. The molecule has 1 N–H and O–H groups in total. The maximum atomic E-state index is 13.7. The maximum absolute atomic E-state index is 13.7. The fourth-order valence-corrected chi connectivity index (χ4v) is 4.76. The Bertz CT molecular complexity index is 1460. The number of hydrogen-bond acceptors (Lipinski definition) is 6. The van der Waals surface area contributed by atoms with Crippen LogP contribution in [0.25, 0.3) is 28.0 Å². The highest BCUT2D eigenvalue weighted by Crippen LogP contribution is 2.37. The summed E-state index contributed by atoms with van der Waals surface area (Å²) in [5.41, 5.74) is 1.84. The van der Waals surface area contributed by atoms with Crippen LogP contribution >= 0.6 is 0 Å². The van der Waals surface area contributed by atoms with Crippen molar-refractivity contribution >= 4 is 22.7 Å². The van der Waals surface area contributed by atoms with E-state index in [-0.39, 0.29) is 23.6 Å². The first-order valence-corrected chi connectivity index (χ1v) is 12.1. The highest BCUT2D eigenvalue weighted by molar-refractivity contribution is 5.76. The quantitative estimate of drug-likeness (QED) is 0.294. The molecule has 2 atom stereocenters. The normalized spacial score (nSPS) is 18.3. The van der Waals surface area contributed by atoms with Crippen molar-refractivity contribution < 1.29 is 22.0 Å². The number of imidazole rings is 1. The largest absolute Gasteiger partial charge is 0.419 e. The van der Waals surface area contributed by atoms with Crippen molar-refractivity contribution in [2.24, 2.45) is 0 Å². The first-order chi connectivity index (χ1) is 18.1. The number of hydrogen-bond donors (Lipinski definition) is 1. The second-order valence-corrected chi connectivity index (χ2v) is 9.46. The smallest absolute Gasteiger partial charge is 0.351 e. The van der Waals surface area contributed by atoms with Gasteiger partial charge in [-0.3, -0.25) is 4.68 Å². The van der Waals surface area contributed by atoms with Gasteiger partial charge in [0.15, 0.2) is 5.65 Å². The van der Waals surface area contributed by atoms with Gasteiger partial charge < -0.3 is 9.88 Å². The SMILES string of the molecule is C=C(C)c1cnc2c(c1)ncn2[C@H]1CCC[C@@H](Nc2ncc(C(F)(F)F)c(-c3cnn(CC(F)F)c3)n2)C1. The van der Waals surface area contributed by atoms with Crippen LogP contribution in [0.2, 0.25) is 0 Å². The molecule has 0 unspecified atom stereocenters. The Morgan fingerprint density at radius 1 is 1.16 bits per heavy atom. The molecular weight excluding hydrogens is 507 g/mol. The van der Waals surface area contributed by atoms with E-state index in [1.54, 1.807) is 12.5 Å². The Labute approximate surface area is 214 Å². The van der Waals surface area contributed by atoms with Crippen molar-refractivity contribution in [3.8, 4) is 11.3 Å². The van der Waals surface area contributed by atoms with Gasteiger partial charge in [-0.1, -0.05) is 6.58 Å². The molecule has 0 saturated heterocycles. The number of halogens is 5. The second-order valence-electron chi connectivity index (χ2n) is 9.46. The zero-order chi connectivity index (χ0) is 27.0. The maximum Gasteiger partial charge on any atom is 0.419 e. The summed E-state index contributed by atoms with van der Waals surface area (Å²) in [4.78, 5) is 17.1. The lowest BCUT2D eigenvalue weighted by molar-refractivity contribution is -0.137. The molecule has 1 fully saturated rings. The molecule has 38 heavy (non-hydrogen) atoms. The number of fused-ring (bicyclic) bond motifs is 1. The number of aromatic nitrogens is 7. The topological polar surface area (TPSA) is 86.3 Å². The molecule has 13 heteroatoms. The summed E-state index contributed by atoms with van der Waals surface area (Å²) < 4.78 is 69.4. The van der Waals surface area contributed by atoms with Gasteiger partial charge in [-0.05, 0) is 49.8 Å². The van der Waals surface area contributed by atoms with Gasteiger partial charge in [0.1, 0.15) is 17.6 Å². The van der Waals surface area contributed by atoms with Crippen molar-refractivity contribution in [2.45, 2.75) is 63.8 Å². The summed E-state index contributed by atoms with van der Waals surface area (Å²) in [7, 11) is 0. The minimum Gasteiger partial charge on any atom is -0.351 e. The zero-order valence-electron chi connectivity index (χ0n) is 20.5. The molecule has 0 aromatic carbocycles. The minimum absolute atomic E-state index is 0.0185. The zero-order valence-corrected chi connectivity index (χ0v) is 20.5. The first kappa shape index (κ1) is 25.7. The molecule has 4 aromatic heterocycles. The van der Waals surface area contributed by atoms with Crippen LogP contribution in [0.4, 0.5) is 27.9 Å². The van der Waals surface area contributed by atoms with Gasteiger partial charge in [0.05, 0.1) is 18.2 Å². The molecule has 0 spiro atoms. The van der Waals surface area contributed by atoms with E-state index in [9.17, 15) is 22.0 Å². The monoisotopic (exact) mass is 532 g/mol. The van der Waals surface area contributed by atoms with Crippen molar-refractivity contribution in [1.29, 1.82) is 0 Å². The van der Waals surface area contributed by atoms with Crippen LogP contribution in [0.15, 0.2) is 43.8 Å². The van der Waals surface area contributed by atoms with Gasteiger partial charge in [0.25, 0.3) is 6.43 Å². The van der Waals surface area contributed by atoms with Crippen molar-refractivity contribution in [3.05, 3.63) is 54.9 Å². The summed E-state index contributed by atoms with van der Waals surface area (Å²) in [6, 6.07) is 1.92. The standard InChI is InChI=1S/C25H25F5N8/c1-14(2)15-6-20-23(31-8-15)38(13-33-20)18-5-3-4-17(7-18)35-24-32-10-19(25(28,29)30)22(36-24)16-9-34-37(11-16)12-21(26)27/h6,8-11,13,17-18,21H,1,3-5,7,12H2,2H3,(H,32,35,36)/t17-,18+/m1/s1. The van der Waals surface area contributed by atoms with E-state index >= 15 is 0 Å². The third-order valence-corrected chi connectivity index (χ3v) is 6.60. The van der Waals surface area contributed by atoms with Crippen LogP contribution in [0, 0.1) is 0 Å². The van der Waals surface area contributed by atoms with Crippen molar-refractivity contribution in [1.82, 2.24) is 34.3 Å². The fourth-order valence-electron chi connectivity index (χ4n) is 4.76. The van der Waals surface area contributed by atoms with Crippen LogP contribution in [0.5, 0.6) is 0 Å². The van der Waals surface area contributed by atoms with Crippen LogP contribution in [0.1, 0.15) is 49.8 Å². The summed E-state index contributed by atoms with van der Waals surface area (Å²) in [5.74, 6) is 0.0278. The van der Waals surface area contributed by atoms with E-state index in [1.807, 2.05) is 17.6 Å². The molecule has 8 nitrogen and oxygen atoms in total. The van der Waals surface area contributed by atoms with Crippen LogP contribution < -0.4 is 5.32 Å². The van der Waals surface area contributed by atoms with E-state index in [0.29, 0.717) is 12.6 Å². The molecule has 0 radical (unpaired) electrons. The van der Waals surface area contributed by atoms with Gasteiger partial charge in [-0.25, -0.2) is 28.7 Å². The van der Waals surface area contributed by atoms with Gasteiger partial charge in [-0.2, -0.15) is 18.3 Å². The molecular formula is C25H25F5N8. The molecule has 1 aliphatic carbocycles. The Kier molecular flexibility index (Phi) is 6.84. The van der Waals surface area contributed by atoms with E-state index in [2.05, 4.69) is 36.9 Å². The highest BCUT2D eigenvalue weighted by Gasteiger charge is 2.36. The number of alkyl halides is 5. The fraction of sp³-hybridized carbons (Fsp3) is 0.400. The molecule has 1 saturated carbocycles. The lowest BCUT2D eigenvalue weighted by Gasteiger charge is -2.30. The number of nitrogens with one attached hydrogen (secondary N) is 1. The third kappa shape index (κ3) is 5.36. The van der Waals surface area contributed by atoms with E-state index in [1.165, 1.54) is 0 Å². The van der Waals surface area contributed by atoms with E-state index < -0.39 is 30.4 Å². The second kappa shape index (κ2) is 10.1. The Morgan fingerprint density at radius 3 is 2.71 bits per heavy atom. The molecule has 4 aromatic rings. The van der Waals surface area contributed by atoms with Gasteiger partial charge in [-0.15, -0.1) is 0 Å². The summed E-state index contributed by atoms with van der Waals surface area (Å²) in [6.45, 7) is 5.12. The first-order valence-electron chi connectivity index (χ1n) is 12.1. The third-order valence-electron chi connectivity index (χ3n) is 6.60. The average Bonchev–Trinajstić information content (AvgIpc) is 3.50. The van der Waals surface area contributed by atoms with E-state index in [4.69, 9.17) is 0 Å². The number of rotatable bonds is 7. The molecule has 0 bridgehead atoms. The molecule has 1 aliphatic rings.